The number of hydrogen-bond acceptors (Lipinski definition) is 6. The molecule has 0 radical (unpaired) electrons. The number of hydrogen-bond donors (Lipinski definition) is 0. The van der Waals surface area contributed by atoms with Crippen LogP contribution in [0.4, 0.5) is 0 Å². The van der Waals surface area contributed by atoms with E-state index in [4.69, 9.17) is 14.2 Å². The molecule has 6 heteroatoms. The summed E-state index contributed by atoms with van der Waals surface area (Å²) in [6.07, 6.45) is 52.7. The van der Waals surface area contributed by atoms with E-state index >= 15 is 0 Å². The van der Waals surface area contributed by atoms with Crippen LogP contribution in [0.2, 0.25) is 0 Å². The zero-order valence-corrected chi connectivity index (χ0v) is 40.1. The molecule has 0 aromatic heterocycles. The van der Waals surface area contributed by atoms with E-state index in [1.54, 1.807) is 0 Å². The molecule has 350 valence electrons. The molecular formula is C53H102O6. The number of rotatable bonds is 49. The molecule has 0 aliphatic heterocycles. The van der Waals surface area contributed by atoms with Crippen LogP contribution in [0.25, 0.3) is 0 Å². The molecule has 0 spiro atoms. The third-order valence-electron chi connectivity index (χ3n) is 12.1. The van der Waals surface area contributed by atoms with Gasteiger partial charge in [-0.05, 0) is 19.3 Å². The van der Waals surface area contributed by atoms with Crippen LogP contribution in [0, 0.1) is 0 Å². The van der Waals surface area contributed by atoms with Gasteiger partial charge in [0.1, 0.15) is 13.2 Å². The fourth-order valence-electron chi connectivity index (χ4n) is 8.09. The van der Waals surface area contributed by atoms with Crippen LogP contribution in [0.3, 0.4) is 0 Å². The van der Waals surface area contributed by atoms with Crippen molar-refractivity contribution in [1.29, 1.82) is 0 Å². The number of unbranched alkanes of at least 4 members (excludes halogenated alkanes) is 38. The minimum absolute atomic E-state index is 0.0630. The lowest BCUT2D eigenvalue weighted by Crippen LogP contribution is -2.30. The number of esters is 3. The Labute approximate surface area is 368 Å². The summed E-state index contributed by atoms with van der Waals surface area (Å²) in [6.45, 7) is 6.61. The van der Waals surface area contributed by atoms with Gasteiger partial charge in [-0.1, -0.05) is 265 Å². The SMILES string of the molecule is CCCCCCCCCCCCCCCCCCCCCC(=O)OCC(COC(=O)CCCCCCC)OC(=O)CCCCCCCCCCCCCCCCCCC. The maximum Gasteiger partial charge on any atom is 0.306 e. The number of ether oxygens (including phenoxy) is 3. The molecule has 0 bridgehead atoms. The van der Waals surface area contributed by atoms with Crippen molar-refractivity contribution < 1.29 is 28.6 Å². The summed E-state index contributed by atoms with van der Waals surface area (Å²) in [6, 6.07) is 0. The highest BCUT2D eigenvalue weighted by Gasteiger charge is 2.19. The summed E-state index contributed by atoms with van der Waals surface area (Å²) in [7, 11) is 0. The van der Waals surface area contributed by atoms with E-state index in [1.807, 2.05) is 0 Å². The van der Waals surface area contributed by atoms with Gasteiger partial charge in [0, 0.05) is 19.3 Å². The molecule has 0 heterocycles. The van der Waals surface area contributed by atoms with Crippen LogP contribution in [-0.4, -0.2) is 37.2 Å². The van der Waals surface area contributed by atoms with E-state index in [1.165, 1.54) is 199 Å². The Morgan fingerprint density at radius 2 is 0.458 bits per heavy atom. The first-order chi connectivity index (χ1) is 29.0. The second-order valence-electron chi connectivity index (χ2n) is 18.2. The van der Waals surface area contributed by atoms with Gasteiger partial charge in [0.15, 0.2) is 6.10 Å². The highest BCUT2D eigenvalue weighted by atomic mass is 16.6. The van der Waals surface area contributed by atoms with E-state index in [9.17, 15) is 14.4 Å². The van der Waals surface area contributed by atoms with Crippen molar-refractivity contribution in [1.82, 2.24) is 0 Å². The Bertz CT molecular complexity index is 874. The summed E-state index contributed by atoms with van der Waals surface area (Å²) in [4.78, 5) is 37.7. The predicted octanol–water partition coefficient (Wildman–Crippen LogP) is 17.2. The molecule has 0 rings (SSSR count). The Hall–Kier alpha value is -1.59. The largest absolute Gasteiger partial charge is 0.462 e. The third-order valence-corrected chi connectivity index (χ3v) is 12.1. The van der Waals surface area contributed by atoms with Gasteiger partial charge in [-0.25, -0.2) is 0 Å². The van der Waals surface area contributed by atoms with Gasteiger partial charge in [-0.3, -0.25) is 14.4 Å². The second-order valence-corrected chi connectivity index (χ2v) is 18.2. The second kappa shape index (κ2) is 49.1. The predicted molar refractivity (Wildman–Crippen MR) is 252 cm³/mol. The average Bonchev–Trinajstić information content (AvgIpc) is 3.23. The first-order valence-corrected chi connectivity index (χ1v) is 26.5. The molecule has 1 unspecified atom stereocenters. The van der Waals surface area contributed by atoms with Gasteiger partial charge in [0.05, 0.1) is 0 Å². The van der Waals surface area contributed by atoms with E-state index in [2.05, 4.69) is 20.8 Å². The fraction of sp³-hybridized carbons (Fsp3) is 0.943. The zero-order chi connectivity index (χ0) is 43.0. The van der Waals surface area contributed by atoms with E-state index < -0.39 is 6.10 Å². The molecule has 6 nitrogen and oxygen atoms in total. The van der Waals surface area contributed by atoms with Crippen LogP contribution in [-0.2, 0) is 28.6 Å². The van der Waals surface area contributed by atoms with Crippen LogP contribution >= 0.6 is 0 Å². The summed E-state index contributed by atoms with van der Waals surface area (Å²) >= 11 is 0. The minimum atomic E-state index is -0.758. The standard InChI is InChI=1S/C53H102O6/c1-4-7-10-13-15-17-19-21-23-25-26-28-29-31-33-35-37-40-43-46-52(55)58-49-50(48-57-51(54)45-42-39-12-9-6-3)59-53(56)47-44-41-38-36-34-32-30-27-24-22-20-18-16-14-11-8-5-2/h50H,4-49H2,1-3H3. The maximum atomic E-state index is 12.7. The first-order valence-electron chi connectivity index (χ1n) is 26.5. The average molecular weight is 835 g/mol. The van der Waals surface area contributed by atoms with Gasteiger partial charge in [-0.15, -0.1) is 0 Å². The van der Waals surface area contributed by atoms with Crippen LogP contribution in [0.5, 0.6) is 0 Å². The van der Waals surface area contributed by atoms with Crippen LogP contribution in [0.1, 0.15) is 303 Å². The lowest BCUT2D eigenvalue weighted by Gasteiger charge is -2.18. The first kappa shape index (κ1) is 57.4. The fourth-order valence-corrected chi connectivity index (χ4v) is 8.09. The monoisotopic (exact) mass is 835 g/mol. The van der Waals surface area contributed by atoms with Gasteiger partial charge in [0.2, 0.25) is 0 Å². The van der Waals surface area contributed by atoms with Crippen LogP contribution < -0.4 is 0 Å². The van der Waals surface area contributed by atoms with Crippen molar-refractivity contribution in [2.45, 2.75) is 309 Å². The normalized spacial score (nSPS) is 11.8. The molecular weight excluding hydrogens is 733 g/mol. The molecule has 0 fully saturated rings. The van der Waals surface area contributed by atoms with Crippen molar-refractivity contribution in [3.05, 3.63) is 0 Å². The molecule has 0 N–H and O–H groups in total. The van der Waals surface area contributed by atoms with Crippen molar-refractivity contribution in [3.63, 3.8) is 0 Å². The van der Waals surface area contributed by atoms with Crippen molar-refractivity contribution in [2.75, 3.05) is 13.2 Å². The summed E-state index contributed by atoms with van der Waals surface area (Å²) in [5.41, 5.74) is 0. The molecule has 1 atom stereocenters. The van der Waals surface area contributed by atoms with Crippen molar-refractivity contribution in [3.8, 4) is 0 Å². The Kier molecular flexibility index (Phi) is 47.7. The van der Waals surface area contributed by atoms with Crippen molar-refractivity contribution >= 4 is 17.9 Å². The summed E-state index contributed by atoms with van der Waals surface area (Å²) in [5, 5.41) is 0. The zero-order valence-electron chi connectivity index (χ0n) is 40.1. The number of carbonyl (C=O) groups is 3. The molecule has 0 saturated heterocycles. The van der Waals surface area contributed by atoms with Crippen LogP contribution in [0.15, 0.2) is 0 Å². The molecule has 0 aliphatic carbocycles. The summed E-state index contributed by atoms with van der Waals surface area (Å²) in [5.74, 6) is -0.856. The van der Waals surface area contributed by atoms with E-state index in [0.29, 0.717) is 19.3 Å². The summed E-state index contributed by atoms with van der Waals surface area (Å²) < 4.78 is 16.7. The highest BCUT2D eigenvalue weighted by molar-refractivity contribution is 5.71. The molecule has 0 aliphatic rings. The van der Waals surface area contributed by atoms with E-state index in [-0.39, 0.29) is 31.1 Å². The molecule has 0 amide bonds. The molecule has 0 aromatic rings. The minimum Gasteiger partial charge on any atom is -0.462 e. The lowest BCUT2D eigenvalue weighted by atomic mass is 10.0. The third kappa shape index (κ3) is 47.3. The molecule has 59 heavy (non-hydrogen) atoms. The van der Waals surface area contributed by atoms with Gasteiger partial charge in [-0.2, -0.15) is 0 Å². The lowest BCUT2D eigenvalue weighted by molar-refractivity contribution is -0.167. The van der Waals surface area contributed by atoms with Gasteiger partial charge >= 0.3 is 17.9 Å². The molecule has 0 saturated carbocycles. The Balaban J connectivity index is 4.07. The smallest absolute Gasteiger partial charge is 0.306 e. The van der Waals surface area contributed by atoms with E-state index in [0.717, 1.165) is 64.2 Å². The van der Waals surface area contributed by atoms with Gasteiger partial charge < -0.3 is 14.2 Å². The Morgan fingerprint density at radius 3 is 0.678 bits per heavy atom. The quantitative estimate of drug-likeness (QED) is 0.0345. The molecule has 0 aromatic carbocycles. The topological polar surface area (TPSA) is 78.9 Å². The maximum absolute atomic E-state index is 12.7. The van der Waals surface area contributed by atoms with Gasteiger partial charge in [0.25, 0.3) is 0 Å². The highest BCUT2D eigenvalue weighted by Crippen LogP contribution is 2.17. The number of carbonyl (C=O) groups excluding carboxylic acids is 3. The van der Waals surface area contributed by atoms with Crippen molar-refractivity contribution in [2.24, 2.45) is 0 Å². The Morgan fingerprint density at radius 1 is 0.271 bits per heavy atom.